The molecule has 2 rings (SSSR count). The predicted octanol–water partition coefficient (Wildman–Crippen LogP) is 9.15. The molecule has 32 heavy (non-hydrogen) atoms. The lowest BCUT2D eigenvalue weighted by Crippen LogP contribution is -2.39. The number of imidazole rings is 1. The molecule has 0 aliphatic carbocycles. The molecule has 0 atom stereocenters. The Labute approximate surface area is 199 Å². The zero-order chi connectivity index (χ0) is 22.9. The fraction of sp³-hybridized carbons (Fsp3) is 0.700. The molecule has 0 aliphatic heterocycles. The van der Waals surface area contributed by atoms with E-state index in [9.17, 15) is 0 Å². The molecule has 0 spiro atoms. The molecule has 0 amide bonds. The van der Waals surface area contributed by atoms with Gasteiger partial charge in [-0.15, -0.1) is 0 Å². The summed E-state index contributed by atoms with van der Waals surface area (Å²) in [7, 11) is 0. The predicted molar refractivity (Wildman–Crippen MR) is 140 cm³/mol. The van der Waals surface area contributed by atoms with Crippen LogP contribution in [0.4, 0.5) is 0 Å². The molecule has 180 valence electrons. The van der Waals surface area contributed by atoms with Crippen molar-refractivity contribution in [1.82, 2.24) is 4.57 Å². The van der Waals surface area contributed by atoms with Crippen LogP contribution in [0.5, 0.6) is 0 Å². The molecule has 1 aromatic carbocycles. The van der Waals surface area contributed by atoms with Gasteiger partial charge in [-0.25, -0.2) is 4.57 Å². The van der Waals surface area contributed by atoms with Crippen LogP contribution in [0.15, 0.2) is 42.7 Å². The van der Waals surface area contributed by atoms with Crippen molar-refractivity contribution in [3.8, 4) is 5.69 Å². The molecular formula is C30H51N2+. The van der Waals surface area contributed by atoms with E-state index in [4.69, 9.17) is 0 Å². The normalized spacial score (nSPS) is 11.5. The van der Waals surface area contributed by atoms with Gasteiger partial charge in [0.2, 0.25) is 0 Å². The average molecular weight is 440 g/mol. The Morgan fingerprint density at radius 2 is 1.12 bits per heavy atom. The summed E-state index contributed by atoms with van der Waals surface area (Å²) in [6, 6.07) is 11.3. The second-order valence-corrected chi connectivity index (χ2v) is 9.97. The van der Waals surface area contributed by atoms with Crippen LogP contribution < -0.4 is 4.57 Å². The first-order valence-corrected chi connectivity index (χ1v) is 13.9. The Morgan fingerprint density at radius 1 is 0.656 bits per heavy atom. The van der Waals surface area contributed by atoms with Gasteiger partial charge in [0.25, 0.3) is 5.82 Å². The zero-order valence-corrected chi connectivity index (χ0v) is 21.5. The number of aromatic nitrogens is 2. The smallest absolute Gasteiger partial charge is 0.232 e. The van der Waals surface area contributed by atoms with E-state index in [2.05, 4.69) is 72.6 Å². The number of unbranched alkanes of at least 4 members (excludes halogenated alkanes) is 15. The van der Waals surface area contributed by atoms with Crippen LogP contribution in [-0.2, 0) is 6.42 Å². The molecule has 0 saturated carbocycles. The lowest BCUT2D eigenvalue weighted by molar-refractivity contribution is -0.722. The first kappa shape index (κ1) is 26.7. The molecule has 1 heterocycles. The Balaban J connectivity index is 1.52. The van der Waals surface area contributed by atoms with E-state index >= 15 is 0 Å². The molecule has 2 heteroatoms. The summed E-state index contributed by atoms with van der Waals surface area (Å²) in [6.45, 7) is 6.87. The maximum absolute atomic E-state index is 2.44. The summed E-state index contributed by atoms with van der Waals surface area (Å²) in [4.78, 5) is 0. The van der Waals surface area contributed by atoms with E-state index in [0.29, 0.717) is 6.04 Å². The van der Waals surface area contributed by atoms with E-state index in [1.54, 1.807) is 0 Å². The maximum Gasteiger partial charge on any atom is 0.261 e. The van der Waals surface area contributed by atoms with Gasteiger partial charge in [0.15, 0.2) is 0 Å². The summed E-state index contributed by atoms with van der Waals surface area (Å²) in [6.07, 6.45) is 28.5. The highest BCUT2D eigenvalue weighted by molar-refractivity contribution is 5.31. The highest BCUT2D eigenvalue weighted by Crippen LogP contribution is 2.16. The number of benzene rings is 1. The largest absolute Gasteiger partial charge is 0.261 e. The molecule has 0 fully saturated rings. The quantitative estimate of drug-likeness (QED) is 0.152. The second-order valence-electron chi connectivity index (χ2n) is 9.97. The highest BCUT2D eigenvalue weighted by Gasteiger charge is 2.20. The Kier molecular flexibility index (Phi) is 14.2. The topological polar surface area (TPSA) is 8.81 Å². The minimum Gasteiger partial charge on any atom is -0.232 e. The van der Waals surface area contributed by atoms with Gasteiger partial charge in [-0.05, 0) is 32.4 Å². The van der Waals surface area contributed by atoms with Crippen molar-refractivity contribution < 1.29 is 4.57 Å². The maximum atomic E-state index is 2.44. The monoisotopic (exact) mass is 439 g/mol. The number of nitrogens with zero attached hydrogens (tertiary/aromatic N) is 2. The Morgan fingerprint density at radius 3 is 1.59 bits per heavy atom. The fourth-order valence-corrected chi connectivity index (χ4v) is 4.81. The van der Waals surface area contributed by atoms with E-state index in [1.807, 2.05) is 0 Å². The van der Waals surface area contributed by atoms with Crippen LogP contribution in [0.2, 0.25) is 0 Å². The van der Waals surface area contributed by atoms with Crippen LogP contribution in [0.1, 0.15) is 135 Å². The van der Waals surface area contributed by atoms with Crippen molar-refractivity contribution in [1.29, 1.82) is 0 Å². The summed E-state index contributed by atoms with van der Waals surface area (Å²) in [5, 5.41) is 0. The first-order chi connectivity index (χ1) is 15.7. The van der Waals surface area contributed by atoms with Gasteiger partial charge in [0, 0.05) is 6.42 Å². The van der Waals surface area contributed by atoms with Crippen molar-refractivity contribution in [3.63, 3.8) is 0 Å². The number of hydrogen-bond donors (Lipinski definition) is 0. The van der Waals surface area contributed by atoms with Gasteiger partial charge in [0.05, 0.1) is 6.04 Å². The van der Waals surface area contributed by atoms with E-state index < -0.39 is 0 Å². The van der Waals surface area contributed by atoms with Gasteiger partial charge in [-0.1, -0.05) is 121 Å². The number of rotatable bonds is 19. The number of para-hydroxylation sites is 1. The average Bonchev–Trinajstić information content (AvgIpc) is 3.23. The highest BCUT2D eigenvalue weighted by atomic mass is 15.2. The van der Waals surface area contributed by atoms with Gasteiger partial charge in [-0.3, -0.25) is 0 Å². The molecule has 2 nitrogen and oxygen atoms in total. The van der Waals surface area contributed by atoms with Gasteiger partial charge in [0.1, 0.15) is 18.1 Å². The molecule has 0 radical (unpaired) electrons. The summed E-state index contributed by atoms with van der Waals surface area (Å²) < 4.78 is 4.82. The lowest BCUT2D eigenvalue weighted by Gasteiger charge is -2.08. The summed E-state index contributed by atoms with van der Waals surface area (Å²) >= 11 is 0. The van der Waals surface area contributed by atoms with Crippen molar-refractivity contribution in [2.45, 2.75) is 136 Å². The standard InChI is InChI=1S/C30H51N2/c1-4-5-6-7-8-9-10-11-12-13-14-15-16-17-18-22-25-30-31(28(2)3)26-27-32(30)29-23-20-19-21-24-29/h19-21,23-24,26-28H,4-18,22,25H2,1-3H3/q+1. The molecule has 0 unspecified atom stereocenters. The van der Waals surface area contributed by atoms with Crippen LogP contribution in [0.3, 0.4) is 0 Å². The zero-order valence-electron chi connectivity index (χ0n) is 21.5. The summed E-state index contributed by atoms with van der Waals surface area (Å²) in [5.41, 5.74) is 1.28. The van der Waals surface area contributed by atoms with Crippen molar-refractivity contribution in [2.75, 3.05) is 0 Å². The molecule has 0 aliphatic rings. The van der Waals surface area contributed by atoms with E-state index in [1.165, 1.54) is 121 Å². The fourth-order valence-electron chi connectivity index (χ4n) is 4.81. The Bertz CT molecular complexity index is 686. The van der Waals surface area contributed by atoms with Crippen LogP contribution in [-0.4, -0.2) is 4.57 Å². The van der Waals surface area contributed by atoms with Gasteiger partial charge >= 0.3 is 0 Å². The first-order valence-electron chi connectivity index (χ1n) is 13.9. The third-order valence-corrected chi connectivity index (χ3v) is 6.80. The van der Waals surface area contributed by atoms with Crippen molar-refractivity contribution >= 4 is 0 Å². The molecule has 0 N–H and O–H groups in total. The van der Waals surface area contributed by atoms with Crippen LogP contribution in [0.25, 0.3) is 5.69 Å². The second kappa shape index (κ2) is 17.0. The van der Waals surface area contributed by atoms with Crippen molar-refractivity contribution in [2.24, 2.45) is 0 Å². The summed E-state index contributed by atoms with van der Waals surface area (Å²) in [5.74, 6) is 1.44. The molecule has 0 saturated heterocycles. The van der Waals surface area contributed by atoms with Gasteiger partial charge < -0.3 is 0 Å². The van der Waals surface area contributed by atoms with Crippen molar-refractivity contribution in [3.05, 3.63) is 48.5 Å². The lowest BCUT2D eigenvalue weighted by atomic mass is 10.0. The SMILES string of the molecule is CCCCCCCCCCCCCCCCCCc1n(-c2ccccc2)cc[n+]1C(C)C. The van der Waals surface area contributed by atoms with Gasteiger partial charge in [-0.2, -0.15) is 4.57 Å². The third-order valence-electron chi connectivity index (χ3n) is 6.80. The van der Waals surface area contributed by atoms with E-state index in [0.717, 1.165) is 0 Å². The Hall–Kier alpha value is -1.57. The molecule has 2 aromatic rings. The third kappa shape index (κ3) is 10.4. The number of hydrogen-bond acceptors (Lipinski definition) is 0. The molecule has 0 bridgehead atoms. The van der Waals surface area contributed by atoms with E-state index in [-0.39, 0.29) is 0 Å². The minimum atomic E-state index is 0.510. The molecule has 1 aromatic heterocycles. The van der Waals surface area contributed by atoms with Crippen LogP contribution >= 0.6 is 0 Å². The molecular weight excluding hydrogens is 388 g/mol. The minimum absolute atomic E-state index is 0.510. The van der Waals surface area contributed by atoms with Crippen LogP contribution in [0, 0.1) is 0 Å².